The summed E-state index contributed by atoms with van der Waals surface area (Å²) in [6.45, 7) is 4.79. The first-order chi connectivity index (χ1) is 11.9. The normalized spacial score (nSPS) is 15.9. The van der Waals surface area contributed by atoms with E-state index in [0.29, 0.717) is 29.2 Å². The molecule has 0 aliphatic carbocycles. The van der Waals surface area contributed by atoms with Crippen molar-refractivity contribution < 1.29 is 13.2 Å². The Hall–Kier alpha value is -1.70. The number of benzene rings is 1. The number of hydrogen-bond acceptors (Lipinski definition) is 4. The SMILES string of the molecule is Cc1ccc(NC(=O)c2sccc2C)cc1S(=O)(=O)N1CCCCC1. The van der Waals surface area contributed by atoms with E-state index in [1.54, 1.807) is 29.4 Å². The van der Waals surface area contributed by atoms with Gasteiger partial charge in [-0.2, -0.15) is 4.31 Å². The van der Waals surface area contributed by atoms with Crippen LogP contribution in [0.25, 0.3) is 0 Å². The topological polar surface area (TPSA) is 66.5 Å². The lowest BCUT2D eigenvalue weighted by atomic mass is 10.2. The van der Waals surface area contributed by atoms with Crippen molar-refractivity contribution in [2.45, 2.75) is 38.0 Å². The first-order valence-electron chi connectivity index (χ1n) is 8.36. The van der Waals surface area contributed by atoms with Crippen LogP contribution >= 0.6 is 11.3 Å². The van der Waals surface area contributed by atoms with Crippen LogP contribution in [0.4, 0.5) is 5.69 Å². The second kappa shape index (κ2) is 7.27. The van der Waals surface area contributed by atoms with Crippen molar-refractivity contribution in [1.82, 2.24) is 4.31 Å². The highest BCUT2D eigenvalue weighted by Crippen LogP contribution is 2.26. The van der Waals surface area contributed by atoms with Gasteiger partial charge in [0.05, 0.1) is 9.77 Å². The fourth-order valence-corrected chi connectivity index (χ4v) is 5.58. The van der Waals surface area contributed by atoms with Crippen molar-refractivity contribution in [1.29, 1.82) is 0 Å². The molecule has 1 aliphatic rings. The molecule has 1 aromatic carbocycles. The molecular weight excluding hydrogens is 356 g/mol. The Kier molecular flexibility index (Phi) is 5.27. The lowest BCUT2D eigenvalue weighted by Gasteiger charge is -2.26. The molecular formula is C18H22N2O3S2. The van der Waals surface area contributed by atoms with Gasteiger partial charge in [-0.3, -0.25) is 4.79 Å². The third-order valence-corrected chi connectivity index (χ3v) is 7.50. The molecule has 0 saturated carbocycles. The number of piperidine rings is 1. The number of rotatable bonds is 4. The van der Waals surface area contributed by atoms with E-state index in [2.05, 4.69) is 5.32 Å². The molecule has 0 unspecified atom stereocenters. The maximum absolute atomic E-state index is 12.9. The van der Waals surface area contributed by atoms with Crippen LogP contribution in [0, 0.1) is 13.8 Å². The van der Waals surface area contributed by atoms with Crippen molar-refractivity contribution in [3.8, 4) is 0 Å². The number of sulfonamides is 1. The van der Waals surface area contributed by atoms with Crippen LogP contribution in [0.3, 0.4) is 0 Å². The van der Waals surface area contributed by atoms with Crippen LogP contribution in [0.2, 0.25) is 0 Å². The number of thiophene rings is 1. The molecule has 1 aliphatic heterocycles. The maximum Gasteiger partial charge on any atom is 0.265 e. The third kappa shape index (κ3) is 3.78. The summed E-state index contributed by atoms with van der Waals surface area (Å²) in [5.41, 5.74) is 2.10. The molecule has 5 nitrogen and oxygen atoms in total. The van der Waals surface area contributed by atoms with Gasteiger partial charge >= 0.3 is 0 Å². The zero-order chi connectivity index (χ0) is 18.0. The molecule has 2 aromatic rings. The predicted octanol–water partition coefficient (Wildman–Crippen LogP) is 3.79. The minimum Gasteiger partial charge on any atom is -0.321 e. The third-order valence-electron chi connectivity index (χ3n) is 4.45. The molecule has 0 atom stereocenters. The van der Waals surface area contributed by atoms with Gasteiger partial charge < -0.3 is 5.32 Å². The molecule has 0 spiro atoms. The fourth-order valence-electron chi connectivity index (χ4n) is 2.99. The number of hydrogen-bond donors (Lipinski definition) is 1. The minimum atomic E-state index is -3.53. The summed E-state index contributed by atoms with van der Waals surface area (Å²) < 4.78 is 27.4. The average molecular weight is 379 g/mol. The molecule has 2 heterocycles. The Morgan fingerprint density at radius 3 is 2.44 bits per heavy atom. The number of aryl methyl sites for hydroxylation is 2. The van der Waals surface area contributed by atoms with E-state index >= 15 is 0 Å². The first-order valence-corrected chi connectivity index (χ1v) is 10.7. The quantitative estimate of drug-likeness (QED) is 0.880. The van der Waals surface area contributed by atoms with Crippen LogP contribution in [0.1, 0.15) is 40.1 Å². The lowest BCUT2D eigenvalue weighted by molar-refractivity contribution is 0.103. The second-order valence-corrected chi connectivity index (χ2v) is 9.15. The molecule has 1 fully saturated rings. The van der Waals surface area contributed by atoms with E-state index in [1.165, 1.54) is 11.3 Å². The number of carbonyl (C=O) groups is 1. The van der Waals surface area contributed by atoms with E-state index in [-0.39, 0.29) is 10.8 Å². The molecule has 0 radical (unpaired) electrons. The van der Waals surface area contributed by atoms with Crippen molar-refractivity contribution in [3.05, 3.63) is 45.6 Å². The summed E-state index contributed by atoms with van der Waals surface area (Å²) in [6.07, 6.45) is 2.86. The lowest BCUT2D eigenvalue weighted by Crippen LogP contribution is -2.36. The molecule has 1 amide bonds. The van der Waals surface area contributed by atoms with Crippen LogP contribution in [0.5, 0.6) is 0 Å². The molecule has 0 bridgehead atoms. The summed E-state index contributed by atoms with van der Waals surface area (Å²) >= 11 is 1.37. The zero-order valence-electron chi connectivity index (χ0n) is 14.4. The van der Waals surface area contributed by atoms with Gasteiger partial charge in [0, 0.05) is 18.8 Å². The van der Waals surface area contributed by atoms with Crippen LogP contribution < -0.4 is 5.32 Å². The largest absolute Gasteiger partial charge is 0.321 e. The molecule has 7 heteroatoms. The van der Waals surface area contributed by atoms with Crippen LogP contribution in [0.15, 0.2) is 34.5 Å². The number of carbonyl (C=O) groups excluding carboxylic acids is 1. The predicted molar refractivity (Wildman–Crippen MR) is 101 cm³/mol. The Labute approximate surface area is 152 Å². The zero-order valence-corrected chi connectivity index (χ0v) is 16.0. The molecule has 3 rings (SSSR count). The van der Waals surface area contributed by atoms with Gasteiger partial charge in [0.15, 0.2) is 0 Å². The highest BCUT2D eigenvalue weighted by molar-refractivity contribution is 7.89. The Morgan fingerprint density at radius 1 is 1.08 bits per heavy atom. The van der Waals surface area contributed by atoms with Gasteiger partial charge in [0.25, 0.3) is 5.91 Å². The van der Waals surface area contributed by atoms with Gasteiger partial charge in [0.2, 0.25) is 10.0 Å². The van der Waals surface area contributed by atoms with E-state index in [9.17, 15) is 13.2 Å². The first kappa shape index (κ1) is 18.1. The van der Waals surface area contributed by atoms with Crippen molar-refractivity contribution >= 4 is 33.0 Å². The number of nitrogens with one attached hydrogen (secondary N) is 1. The summed E-state index contributed by atoms with van der Waals surface area (Å²) in [5, 5.41) is 4.68. The highest BCUT2D eigenvalue weighted by atomic mass is 32.2. The Bertz CT molecular complexity index is 881. The summed E-state index contributed by atoms with van der Waals surface area (Å²) in [6, 6.07) is 6.94. The molecule has 1 aromatic heterocycles. The van der Waals surface area contributed by atoms with Crippen molar-refractivity contribution in [2.24, 2.45) is 0 Å². The molecule has 134 valence electrons. The molecule has 1 N–H and O–H groups in total. The van der Waals surface area contributed by atoms with E-state index in [1.807, 2.05) is 18.4 Å². The second-order valence-electron chi connectivity index (χ2n) is 6.33. The maximum atomic E-state index is 12.9. The highest BCUT2D eigenvalue weighted by Gasteiger charge is 2.27. The Balaban J connectivity index is 1.88. The van der Waals surface area contributed by atoms with Crippen LogP contribution in [-0.2, 0) is 10.0 Å². The van der Waals surface area contributed by atoms with Gasteiger partial charge in [-0.1, -0.05) is 12.5 Å². The van der Waals surface area contributed by atoms with E-state index in [0.717, 1.165) is 24.8 Å². The fraction of sp³-hybridized carbons (Fsp3) is 0.389. The van der Waals surface area contributed by atoms with Gasteiger partial charge in [-0.15, -0.1) is 11.3 Å². The van der Waals surface area contributed by atoms with Gasteiger partial charge in [-0.25, -0.2) is 8.42 Å². The molecule has 1 saturated heterocycles. The number of amides is 1. The summed E-state index contributed by atoms with van der Waals surface area (Å²) in [5.74, 6) is -0.210. The molecule has 25 heavy (non-hydrogen) atoms. The van der Waals surface area contributed by atoms with E-state index < -0.39 is 10.0 Å². The van der Waals surface area contributed by atoms with Crippen molar-refractivity contribution in [3.63, 3.8) is 0 Å². The standard InChI is InChI=1S/C18H22N2O3S2/c1-13-6-7-15(19-18(21)17-14(2)8-11-24-17)12-16(13)25(22,23)20-9-4-3-5-10-20/h6-8,11-12H,3-5,9-10H2,1-2H3,(H,19,21). The summed E-state index contributed by atoms with van der Waals surface area (Å²) in [4.78, 5) is 13.3. The average Bonchev–Trinajstić information content (AvgIpc) is 3.03. The number of nitrogens with zero attached hydrogens (tertiary/aromatic N) is 1. The van der Waals surface area contributed by atoms with E-state index in [4.69, 9.17) is 0 Å². The minimum absolute atomic E-state index is 0.210. The van der Waals surface area contributed by atoms with Gasteiger partial charge in [0.1, 0.15) is 0 Å². The summed E-state index contributed by atoms with van der Waals surface area (Å²) in [7, 11) is -3.53. The Morgan fingerprint density at radius 2 is 1.80 bits per heavy atom. The van der Waals surface area contributed by atoms with Crippen molar-refractivity contribution in [2.75, 3.05) is 18.4 Å². The smallest absolute Gasteiger partial charge is 0.265 e. The monoisotopic (exact) mass is 378 g/mol. The number of anilines is 1. The van der Waals surface area contributed by atoms with Crippen LogP contribution in [-0.4, -0.2) is 31.7 Å². The van der Waals surface area contributed by atoms with Gasteiger partial charge in [-0.05, 0) is 61.4 Å².